The van der Waals surface area contributed by atoms with E-state index in [9.17, 15) is 0 Å². The van der Waals surface area contributed by atoms with E-state index in [-0.39, 0.29) is 5.41 Å². The van der Waals surface area contributed by atoms with Gasteiger partial charge in [0.1, 0.15) is 5.75 Å². The van der Waals surface area contributed by atoms with Crippen LogP contribution < -0.4 is 4.74 Å². The number of rotatable bonds is 7. The highest BCUT2D eigenvalue weighted by Crippen LogP contribution is 2.48. The fraction of sp³-hybridized carbons (Fsp3) is 0.533. The van der Waals surface area contributed by atoms with Crippen LogP contribution in [0.25, 0.3) is 0 Å². The summed E-state index contributed by atoms with van der Waals surface area (Å²) in [4.78, 5) is 0. The molecule has 0 N–H and O–H groups in total. The third kappa shape index (κ3) is 3.48. The van der Waals surface area contributed by atoms with Gasteiger partial charge in [0, 0.05) is 18.9 Å². The van der Waals surface area contributed by atoms with Crippen LogP contribution in [-0.4, -0.2) is 20.3 Å². The van der Waals surface area contributed by atoms with Gasteiger partial charge in [-0.3, -0.25) is 0 Å². The first kappa shape index (κ1) is 12.9. The monoisotopic (exact) mass is 245 g/mol. The van der Waals surface area contributed by atoms with Crippen LogP contribution in [-0.2, 0) is 11.2 Å². The van der Waals surface area contributed by atoms with Crippen LogP contribution in [0.15, 0.2) is 24.3 Å². The molecular weight excluding hydrogens is 226 g/mol. The predicted molar refractivity (Wildman–Crippen MR) is 69.4 cm³/mol. The lowest BCUT2D eigenvalue weighted by atomic mass is 10.1. The summed E-state index contributed by atoms with van der Waals surface area (Å²) < 4.78 is 10.8. The molecule has 1 saturated carbocycles. The van der Waals surface area contributed by atoms with Crippen molar-refractivity contribution in [3.05, 3.63) is 29.8 Å². The summed E-state index contributed by atoms with van der Waals surface area (Å²) in [5.41, 5.74) is 1.39. The second-order valence-electron chi connectivity index (χ2n) is 5.01. The lowest BCUT2D eigenvalue weighted by Crippen LogP contribution is -2.12. The molecule has 1 aromatic rings. The van der Waals surface area contributed by atoms with Gasteiger partial charge in [0.15, 0.2) is 0 Å². The van der Waals surface area contributed by atoms with Crippen LogP contribution in [0.3, 0.4) is 0 Å². The van der Waals surface area contributed by atoms with Gasteiger partial charge >= 0.3 is 0 Å². The standard InChI is InChI=1S/C15H19NO2/c1-17-11-6-13-2-4-14(5-3-13)18-12-15(7-8-15)9-10-16/h2-5H,6-9,11-12H2,1H3. The van der Waals surface area contributed by atoms with Crippen molar-refractivity contribution < 1.29 is 9.47 Å². The van der Waals surface area contributed by atoms with Gasteiger partial charge in [-0.05, 0) is 37.0 Å². The van der Waals surface area contributed by atoms with Crippen molar-refractivity contribution in [3.8, 4) is 11.8 Å². The molecule has 96 valence electrons. The lowest BCUT2D eigenvalue weighted by molar-refractivity contribution is 0.202. The quantitative estimate of drug-likeness (QED) is 0.741. The Hall–Kier alpha value is -1.53. The normalized spacial score (nSPS) is 16.0. The second-order valence-corrected chi connectivity index (χ2v) is 5.01. The van der Waals surface area contributed by atoms with E-state index in [1.54, 1.807) is 7.11 Å². The molecule has 0 aromatic heterocycles. The molecular formula is C15H19NO2. The maximum atomic E-state index is 8.74. The molecule has 1 aliphatic rings. The van der Waals surface area contributed by atoms with Crippen molar-refractivity contribution >= 4 is 0 Å². The molecule has 0 aliphatic heterocycles. The fourth-order valence-corrected chi connectivity index (χ4v) is 1.93. The largest absolute Gasteiger partial charge is 0.493 e. The lowest BCUT2D eigenvalue weighted by Gasteiger charge is -2.13. The van der Waals surface area contributed by atoms with Gasteiger partial charge in [-0.15, -0.1) is 0 Å². The molecule has 1 fully saturated rings. The van der Waals surface area contributed by atoms with Crippen LogP contribution in [0, 0.1) is 16.7 Å². The molecule has 0 radical (unpaired) electrons. The summed E-state index contributed by atoms with van der Waals surface area (Å²) in [5, 5.41) is 8.74. The molecule has 1 aromatic carbocycles. The molecule has 0 amide bonds. The number of methoxy groups -OCH3 is 1. The molecule has 0 saturated heterocycles. The Morgan fingerprint density at radius 3 is 2.56 bits per heavy atom. The molecule has 3 nitrogen and oxygen atoms in total. The van der Waals surface area contributed by atoms with Crippen molar-refractivity contribution in [1.29, 1.82) is 5.26 Å². The van der Waals surface area contributed by atoms with E-state index >= 15 is 0 Å². The highest BCUT2D eigenvalue weighted by molar-refractivity contribution is 5.27. The zero-order valence-electron chi connectivity index (χ0n) is 10.8. The average molecular weight is 245 g/mol. The summed E-state index contributed by atoms with van der Waals surface area (Å²) in [6.45, 7) is 1.41. The molecule has 0 atom stereocenters. The van der Waals surface area contributed by atoms with E-state index in [2.05, 4.69) is 18.2 Å². The molecule has 2 rings (SSSR count). The van der Waals surface area contributed by atoms with E-state index in [0.717, 1.165) is 31.6 Å². The topological polar surface area (TPSA) is 42.2 Å². The SMILES string of the molecule is COCCc1ccc(OCC2(CC#N)CC2)cc1. The molecule has 1 aliphatic carbocycles. The minimum absolute atomic E-state index is 0.142. The van der Waals surface area contributed by atoms with E-state index in [1.807, 2.05) is 12.1 Å². The Balaban J connectivity index is 1.81. The first-order chi connectivity index (χ1) is 8.78. The van der Waals surface area contributed by atoms with Gasteiger partial charge in [0.25, 0.3) is 0 Å². The van der Waals surface area contributed by atoms with Gasteiger partial charge in [-0.2, -0.15) is 5.26 Å². The highest BCUT2D eigenvalue weighted by atomic mass is 16.5. The number of ether oxygens (including phenoxy) is 2. The Labute approximate surface area is 108 Å². The van der Waals surface area contributed by atoms with E-state index in [4.69, 9.17) is 14.7 Å². The molecule has 18 heavy (non-hydrogen) atoms. The van der Waals surface area contributed by atoms with Crippen molar-refractivity contribution in [2.24, 2.45) is 5.41 Å². The van der Waals surface area contributed by atoms with E-state index < -0.39 is 0 Å². The fourth-order valence-electron chi connectivity index (χ4n) is 1.93. The third-order valence-corrected chi connectivity index (χ3v) is 3.47. The second kappa shape index (κ2) is 5.88. The summed E-state index contributed by atoms with van der Waals surface area (Å²) in [6.07, 6.45) is 3.77. The molecule has 3 heteroatoms. The van der Waals surface area contributed by atoms with Crippen LogP contribution in [0.1, 0.15) is 24.8 Å². The number of hydrogen-bond acceptors (Lipinski definition) is 3. The highest BCUT2D eigenvalue weighted by Gasteiger charge is 2.43. The van der Waals surface area contributed by atoms with Crippen LogP contribution in [0.4, 0.5) is 0 Å². The van der Waals surface area contributed by atoms with Gasteiger partial charge in [-0.25, -0.2) is 0 Å². The third-order valence-electron chi connectivity index (χ3n) is 3.47. The Bertz CT molecular complexity index is 415. The van der Waals surface area contributed by atoms with Crippen molar-refractivity contribution in [2.75, 3.05) is 20.3 Å². The maximum absolute atomic E-state index is 8.74. The molecule has 0 spiro atoms. The maximum Gasteiger partial charge on any atom is 0.119 e. The summed E-state index contributed by atoms with van der Waals surface area (Å²) >= 11 is 0. The first-order valence-electron chi connectivity index (χ1n) is 6.36. The average Bonchev–Trinajstić information content (AvgIpc) is 3.16. The number of hydrogen-bond donors (Lipinski definition) is 0. The minimum atomic E-state index is 0.142. The summed E-state index contributed by atoms with van der Waals surface area (Å²) in [5.74, 6) is 0.889. The van der Waals surface area contributed by atoms with E-state index in [0.29, 0.717) is 13.0 Å². The van der Waals surface area contributed by atoms with Gasteiger partial charge < -0.3 is 9.47 Å². The Morgan fingerprint density at radius 2 is 2.00 bits per heavy atom. The van der Waals surface area contributed by atoms with Gasteiger partial charge in [-0.1, -0.05) is 12.1 Å². The number of benzene rings is 1. The van der Waals surface area contributed by atoms with Crippen molar-refractivity contribution in [1.82, 2.24) is 0 Å². The molecule has 0 bridgehead atoms. The number of nitrogens with zero attached hydrogens (tertiary/aromatic N) is 1. The summed E-state index contributed by atoms with van der Waals surface area (Å²) in [6, 6.07) is 10.4. The zero-order chi connectivity index (χ0) is 12.8. The summed E-state index contributed by atoms with van der Waals surface area (Å²) in [7, 11) is 1.71. The smallest absolute Gasteiger partial charge is 0.119 e. The number of nitriles is 1. The predicted octanol–water partition coefficient (Wildman–Crippen LogP) is 2.95. The minimum Gasteiger partial charge on any atom is -0.493 e. The van der Waals surface area contributed by atoms with E-state index in [1.165, 1.54) is 5.56 Å². The molecule has 0 unspecified atom stereocenters. The Morgan fingerprint density at radius 1 is 1.28 bits per heavy atom. The molecule has 0 heterocycles. The van der Waals surface area contributed by atoms with Crippen molar-refractivity contribution in [2.45, 2.75) is 25.7 Å². The van der Waals surface area contributed by atoms with Crippen LogP contribution in [0.2, 0.25) is 0 Å². The zero-order valence-corrected chi connectivity index (χ0v) is 10.8. The van der Waals surface area contributed by atoms with Gasteiger partial charge in [0.05, 0.1) is 19.3 Å². The Kier molecular flexibility index (Phi) is 4.22. The van der Waals surface area contributed by atoms with Crippen LogP contribution >= 0.6 is 0 Å². The van der Waals surface area contributed by atoms with Crippen LogP contribution in [0.5, 0.6) is 5.75 Å². The van der Waals surface area contributed by atoms with Crippen molar-refractivity contribution in [3.63, 3.8) is 0 Å². The first-order valence-corrected chi connectivity index (χ1v) is 6.36. The van der Waals surface area contributed by atoms with Gasteiger partial charge in [0.2, 0.25) is 0 Å².